The highest BCUT2D eigenvalue weighted by atomic mass is 32.3. The molecule has 0 atom stereocenters. The Balaban J connectivity index is 1.46. The van der Waals surface area contributed by atoms with Crippen LogP contribution in [0.2, 0.25) is 0 Å². The van der Waals surface area contributed by atoms with Gasteiger partial charge in [0.05, 0.1) is 18.3 Å². The molecule has 1 aliphatic carbocycles. The zero-order valence-electron chi connectivity index (χ0n) is 32.0. The fourth-order valence-electron chi connectivity index (χ4n) is 7.38. The molecule has 3 aromatic rings. The van der Waals surface area contributed by atoms with Crippen molar-refractivity contribution in [2.24, 2.45) is 0 Å². The van der Waals surface area contributed by atoms with Crippen molar-refractivity contribution in [3.63, 3.8) is 0 Å². The molecule has 0 saturated carbocycles. The number of carbonyl (C=O) groups is 1. The first-order chi connectivity index (χ1) is 25.4. The topological polar surface area (TPSA) is 37.3 Å². The van der Waals surface area contributed by atoms with Crippen molar-refractivity contribution in [3.05, 3.63) is 70.7 Å². The summed E-state index contributed by atoms with van der Waals surface area (Å²) in [7, 11) is 0. The second-order valence-electron chi connectivity index (χ2n) is 14.4. The van der Waals surface area contributed by atoms with Gasteiger partial charge in [-0.2, -0.15) is 0 Å². The van der Waals surface area contributed by atoms with Crippen molar-refractivity contribution in [2.75, 3.05) is 11.5 Å². The molecule has 1 N–H and O–H groups in total. The maximum absolute atomic E-state index is 11.6. The Labute approximate surface area is 340 Å². The summed E-state index contributed by atoms with van der Waals surface area (Å²) < 4.78 is 4.52. The average molecular weight is 813 g/mol. The van der Waals surface area contributed by atoms with Crippen molar-refractivity contribution in [1.29, 1.82) is 0 Å². The summed E-state index contributed by atoms with van der Waals surface area (Å²) in [5.74, 6) is 1.59. The van der Waals surface area contributed by atoms with Crippen molar-refractivity contribution < 1.29 is 9.90 Å². The largest absolute Gasteiger partial charge is 0.478 e. The first kappa shape index (κ1) is 42.1. The maximum atomic E-state index is 11.6. The molecule has 2 aromatic heterocycles. The lowest BCUT2D eigenvalue weighted by Gasteiger charge is -2.31. The maximum Gasteiger partial charge on any atom is 0.335 e. The van der Waals surface area contributed by atoms with Gasteiger partial charge in [-0.1, -0.05) is 153 Å². The summed E-state index contributed by atoms with van der Waals surface area (Å²) in [4.78, 5) is 17.2. The van der Waals surface area contributed by atoms with Gasteiger partial charge >= 0.3 is 5.97 Å². The molecule has 0 amide bonds. The minimum atomic E-state index is -0.868. The number of benzene rings is 1. The molecule has 5 rings (SSSR count). The van der Waals surface area contributed by atoms with Crippen LogP contribution in [0.15, 0.2) is 49.1 Å². The summed E-state index contributed by atoms with van der Waals surface area (Å²) in [5, 5.41) is 9.52. The molecule has 8 heteroatoms. The predicted molar refractivity (Wildman–Crippen MR) is 242 cm³/mol. The van der Waals surface area contributed by atoms with Crippen molar-refractivity contribution >= 4 is 81.8 Å². The van der Waals surface area contributed by atoms with Gasteiger partial charge in [0.2, 0.25) is 0 Å². The van der Waals surface area contributed by atoms with E-state index in [1.54, 1.807) is 17.7 Å². The van der Waals surface area contributed by atoms with Gasteiger partial charge in [-0.25, -0.2) is 4.79 Å². The van der Waals surface area contributed by atoms with Crippen LogP contribution in [-0.4, -0.2) is 22.6 Å². The van der Waals surface area contributed by atoms with Crippen molar-refractivity contribution in [2.45, 2.75) is 149 Å². The minimum absolute atomic E-state index is 0.0579. The predicted octanol–water partition coefficient (Wildman–Crippen LogP) is 16.9. The number of fused-ring (bicyclic) bond motifs is 3. The second kappa shape index (κ2) is 21.9. The first-order valence-corrected chi connectivity index (χ1v) is 25.4. The molecule has 1 aromatic carbocycles. The van der Waals surface area contributed by atoms with Gasteiger partial charge in [-0.15, -0.1) is 46.2 Å². The summed E-state index contributed by atoms with van der Waals surface area (Å²) >= 11 is 12.2. The third-order valence-corrected chi connectivity index (χ3v) is 18.3. The number of hydrogen-bond donors (Lipinski definition) is 1. The van der Waals surface area contributed by atoms with E-state index in [1.807, 2.05) is 58.3 Å². The van der Waals surface area contributed by atoms with Crippen LogP contribution >= 0.6 is 69.7 Å². The van der Waals surface area contributed by atoms with Crippen LogP contribution in [0.1, 0.15) is 170 Å². The molecule has 52 heavy (non-hydrogen) atoms. The zero-order chi connectivity index (χ0) is 36.8. The Hall–Kier alpha value is -1.03. The molecule has 2 nitrogen and oxygen atoms in total. The van der Waals surface area contributed by atoms with E-state index in [4.69, 9.17) is 0 Å². The SMILES string of the molecule is CCCCCCSC1=C(SCCCCCC)SC(=Cc2cc3c(s2)-c2sc(-c4ccc(C(=O)O)cc4)cc2C3(CCCCCC)CCCCCC)S1. The molecular formula is C44H60O2S6. The Bertz CT molecular complexity index is 1590. The van der Waals surface area contributed by atoms with Crippen LogP contribution in [0.5, 0.6) is 0 Å². The number of thioether (sulfide) groups is 4. The van der Waals surface area contributed by atoms with Gasteiger partial charge in [-0.05, 0) is 84.2 Å². The number of aromatic carboxylic acids is 1. The van der Waals surface area contributed by atoms with E-state index in [1.165, 1.54) is 165 Å². The lowest BCUT2D eigenvalue weighted by Crippen LogP contribution is -2.25. The lowest BCUT2D eigenvalue weighted by molar-refractivity contribution is 0.0697. The number of carboxylic acid groups (broad SMARTS) is 1. The van der Waals surface area contributed by atoms with Crippen molar-refractivity contribution in [3.8, 4) is 20.2 Å². The van der Waals surface area contributed by atoms with Gasteiger partial charge in [0.15, 0.2) is 0 Å². The van der Waals surface area contributed by atoms with E-state index < -0.39 is 5.97 Å². The fraction of sp³-hybridized carbons (Fsp3) is 0.568. The molecule has 0 spiro atoms. The highest BCUT2D eigenvalue weighted by molar-refractivity contribution is 8.40. The Kier molecular flexibility index (Phi) is 17.7. The number of carboxylic acids is 1. The van der Waals surface area contributed by atoms with E-state index in [9.17, 15) is 9.90 Å². The molecular weight excluding hydrogens is 753 g/mol. The molecule has 1 aliphatic heterocycles. The lowest BCUT2D eigenvalue weighted by atomic mass is 9.71. The quantitative estimate of drug-likeness (QED) is 0.0859. The molecule has 284 valence electrons. The van der Waals surface area contributed by atoms with Crippen LogP contribution in [0.3, 0.4) is 0 Å². The Morgan fingerprint density at radius 1 is 0.654 bits per heavy atom. The van der Waals surface area contributed by atoms with Gasteiger partial charge in [-0.3, -0.25) is 0 Å². The number of rotatable bonds is 25. The van der Waals surface area contributed by atoms with E-state index in [2.05, 4.69) is 69.4 Å². The van der Waals surface area contributed by atoms with E-state index >= 15 is 0 Å². The van der Waals surface area contributed by atoms with Crippen LogP contribution in [0.25, 0.3) is 26.3 Å². The second-order valence-corrected chi connectivity index (χ2v) is 21.6. The van der Waals surface area contributed by atoms with Crippen LogP contribution in [0, 0.1) is 0 Å². The smallest absolute Gasteiger partial charge is 0.335 e. The minimum Gasteiger partial charge on any atom is -0.478 e. The highest BCUT2D eigenvalue weighted by Gasteiger charge is 2.45. The standard InChI is InChI=1S/C44H60O2S6/c1-5-9-13-17-25-44(26-18-14-10-6-2)35-29-34(49-39(35)40-36(44)31-37(50-40)32-21-23-33(24-22-32)41(45)46)30-38-51-42(47-27-19-15-11-7-3)43(52-38)48-28-20-16-12-8-4/h21-24,29-31H,5-20,25-28H2,1-4H3,(H,45,46). The summed E-state index contributed by atoms with van der Waals surface area (Å²) in [6.45, 7) is 9.22. The van der Waals surface area contributed by atoms with Gasteiger partial charge in [0, 0.05) is 24.9 Å². The van der Waals surface area contributed by atoms with Gasteiger partial charge in [0.25, 0.3) is 0 Å². The molecule has 0 fully saturated rings. The van der Waals surface area contributed by atoms with Crippen molar-refractivity contribution in [1.82, 2.24) is 0 Å². The fourth-order valence-corrected chi connectivity index (χ4v) is 16.1. The third-order valence-electron chi connectivity index (χ3n) is 10.3. The summed E-state index contributed by atoms with van der Waals surface area (Å²) in [6, 6.07) is 12.6. The van der Waals surface area contributed by atoms with E-state index in [0.29, 0.717) is 5.56 Å². The molecule has 3 heterocycles. The Morgan fingerprint density at radius 3 is 1.67 bits per heavy atom. The zero-order valence-corrected chi connectivity index (χ0v) is 36.9. The molecule has 2 aliphatic rings. The Morgan fingerprint density at radius 2 is 1.15 bits per heavy atom. The van der Waals surface area contributed by atoms with Gasteiger partial charge < -0.3 is 5.11 Å². The van der Waals surface area contributed by atoms with E-state index in [0.717, 1.165) is 5.56 Å². The van der Waals surface area contributed by atoms with Gasteiger partial charge in [0.1, 0.15) is 0 Å². The highest BCUT2D eigenvalue weighted by Crippen LogP contribution is 2.62. The number of unbranched alkanes of at least 4 members (excludes halogenated alkanes) is 12. The molecule has 0 saturated heterocycles. The van der Waals surface area contributed by atoms with Crippen LogP contribution in [0.4, 0.5) is 0 Å². The van der Waals surface area contributed by atoms with E-state index in [-0.39, 0.29) is 5.41 Å². The normalized spacial score (nSPS) is 14.7. The monoisotopic (exact) mass is 812 g/mol. The third kappa shape index (κ3) is 11.1. The number of thiophene rings is 2. The summed E-state index contributed by atoms with van der Waals surface area (Å²) in [6.07, 6.45) is 25.8. The average Bonchev–Trinajstić information content (AvgIpc) is 3.91. The first-order valence-electron chi connectivity index (χ1n) is 20.1. The van der Waals surface area contributed by atoms with Crippen LogP contribution in [-0.2, 0) is 5.41 Å². The molecule has 0 radical (unpaired) electrons. The van der Waals surface area contributed by atoms with Crippen LogP contribution < -0.4 is 0 Å². The number of hydrogen-bond acceptors (Lipinski definition) is 7. The summed E-state index contributed by atoms with van der Waals surface area (Å²) in [5.41, 5.74) is 4.66. The molecule has 0 unspecified atom stereocenters. The molecule has 0 bridgehead atoms.